The Kier molecular flexibility index (Phi) is 4.70. The molecule has 3 rings (SSSR count). The molecule has 1 unspecified atom stereocenters. The normalized spacial score (nSPS) is 18.2. The van der Waals surface area contributed by atoms with E-state index < -0.39 is 0 Å². The Bertz CT molecular complexity index is 586. The van der Waals surface area contributed by atoms with Crippen molar-refractivity contribution in [2.75, 3.05) is 19.7 Å². The Labute approximate surface area is 129 Å². The average Bonchev–Trinajstić information content (AvgIpc) is 3.07. The summed E-state index contributed by atoms with van der Waals surface area (Å²) in [6.07, 6.45) is 2.34. The smallest absolute Gasteiger partial charge is 0.317 e. The van der Waals surface area contributed by atoms with Gasteiger partial charge in [-0.2, -0.15) is 0 Å². The third-order valence-electron chi connectivity index (χ3n) is 3.64. The third kappa shape index (κ3) is 3.85. The Morgan fingerprint density at radius 3 is 2.95 bits per heavy atom. The molecule has 1 atom stereocenters. The van der Waals surface area contributed by atoms with Crippen molar-refractivity contribution in [1.29, 1.82) is 0 Å². The zero-order chi connectivity index (χ0) is 15.2. The highest BCUT2D eigenvalue weighted by molar-refractivity contribution is 5.74. The first-order chi connectivity index (χ1) is 10.8. The first-order valence-electron chi connectivity index (χ1n) is 7.39. The van der Waals surface area contributed by atoms with Crippen LogP contribution < -0.4 is 5.32 Å². The van der Waals surface area contributed by atoms with Gasteiger partial charge in [-0.3, -0.25) is 0 Å². The molecule has 1 N–H and O–H groups in total. The number of amides is 2. The van der Waals surface area contributed by atoms with Crippen molar-refractivity contribution in [2.45, 2.75) is 19.1 Å². The molecule has 1 saturated heterocycles. The summed E-state index contributed by atoms with van der Waals surface area (Å²) >= 11 is 0. The van der Waals surface area contributed by atoms with Gasteiger partial charge in [-0.05, 0) is 5.56 Å². The monoisotopic (exact) mass is 301 g/mol. The van der Waals surface area contributed by atoms with Crippen LogP contribution in [0.15, 0.2) is 47.2 Å². The predicted octanol–water partition coefficient (Wildman–Crippen LogP) is 1.83. The predicted molar refractivity (Wildman–Crippen MR) is 80.2 cm³/mol. The second-order valence-electron chi connectivity index (χ2n) is 5.28. The standard InChI is InChI=1S/C16H19N3O3/c20-16(17-11-14-6-8-22-18-14)19-7-9-21-15(12-19)10-13-4-2-1-3-5-13/h1-6,8,15H,7,9-12H2,(H,17,20). The molecule has 2 aromatic rings. The number of morpholine rings is 1. The molecule has 1 aliphatic heterocycles. The van der Waals surface area contributed by atoms with Crippen LogP contribution >= 0.6 is 0 Å². The molecule has 0 spiro atoms. The van der Waals surface area contributed by atoms with E-state index in [1.165, 1.54) is 11.8 Å². The maximum atomic E-state index is 12.2. The summed E-state index contributed by atoms with van der Waals surface area (Å²) in [7, 11) is 0. The summed E-state index contributed by atoms with van der Waals surface area (Å²) in [6, 6.07) is 11.8. The maximum absolute atomic E-state index is 12.2. The lowest BCUT2D eigenvalue weighted by atomic mass is 10.1. The molecular formula is C16H19N3O3. The minimum atomic E-state index is -0.0932. The van der Waals surface area contributed by atoms with Crippen molar-refractivity contribution in [3.05, 3.63) is 53.9 Å². The van der Waals surface area contributed by atoms with Gasteiger partial charge >= 0.3 is 6.03 Å². The SMILES string of the molecule is O=C(NCc1ccon1)N1CCOC(Cc2ccccc2)C1. The van der Waals surface area contributed by atoms with Gasteiger partial charge in [-0.15, -0.1) is 0 Å². The molecule has 1 aliphatic rings. The maximum Gasteiger partial charge on any atom is 0.317 e. The van der Waals surface area contributed by atoms with E-state index in [1.54, 1.807) is 11.0 Å². The number of nitrogens with zero attached hydrogens (tertiary/aromatic N) is 2. The van der Waals surface area contributed by atoms with Crippen molar-refractivity contribution in [3.8, 4) is 0 Å². The van der Waals surface area contributed by atoms with Crippen LogP contribution in [0.5, 0.6) is 0 Å². The first kappa shape index (κ1) is 14.6. The summed E-state index contributed by atoms with van der Waals surface area (Å²) in [6.45, 7) is 2.14. The summed E-state index contributed by atoms with van der Waals surface area (Å²) in [5, 5.41) is 6.62. The zero-order valence-electron chi connectivity index (χ0n) is 12.3. The van der Waals surface area contributed by atoms with Crippen molar-refractivity contribution < 1.29 is 14.1 Å². The second-order valence-corrected chi connectivity index (χ2v) is 5.28. The van der Waals surface area contributed by atoms with E-state index in [0.29, 0.717) is 31.9 Å². The van der Waals surface area contributed by atoms with Gasteiger partial charge in [0.1, 0.15) is 12.0 Å². The van der Waals surface area contributed by atoms with E-state index >= 15 is 0 Å². The van der Waals surface area contributed by atoms with Gasteiger partial charge in [-0.1, -0.05) is 35.5 Å². The topological polar surface area (TPSA) is 67.6 Å². The van der Waals surface area contributed by atoms with Crippen LogP contribution in [-0.2, 0) is 17.7 Å². The number of benzene rings is 1. The molecule has 1 aromatic heterocycles. The number of urea groups is 1. The van der Waals surface area contributed by atoms with E-state index in [-0.39, 0.29) is 12.1 Å². The zero-order valence-corrected chi connectivity index (χ0v) is 12.3. The van der Waals surface area contributed by atoms with Crippen LogP contribution in [0.2, 0.25) is 0 Å². The van der Waals surface area contributed by atoms with E-state index in [0.717, 1.165) is 6.42 Å². The Hall–Kier alpha value is -2.34. The lowest BCUT2D eigenvalue weighted by Gasteiger charge is -2.33. The molecule has 1 fully saturated rings. The van der Waals surface area contributed by atoms with Gasteiger partial charge in [0, 0.05) is 25.6 Å². The lowest BCUT2D eigenvalue weighted by Crippen LogP contribution is -2.50. The number of rotatable bonds is 4. The fraction of sp³-hybridized carbons (Fsp3) is 0.375. The number of carbonyl (C=O) groups excluding carboxylic acids is 1. The number of carbonyl (C=O) groups is 1. The van der Waals surface area contributed by atoms with Crippen LogP contribution in [0.3, 0.4) is 0 Å². The molecule has 6 nitrogen and oxygen atoms in total. The minimum absolute atomic E-state index is 0.0361. The first-order valence-corrected chi connectivity index (χ1v) is 7.39. The van der Waals surface area contributed by atoms with Gasteiger partial charge in [-0.25, -0.2) is 4.79 Å². The van der Waals surface area contributed by atoms with E-state index in [1.807, 2.05) is 18.2 Å². The Morgan fingerprint density at radius 2 is 2.18 bits per heavy atom. The van der Waals surface area contributed by atoms with Gasteiger partial charge in [0.15, 0.2) is 0 Å². The third-order valence-corrected chi connectivity index (χ3v) is 3.64. The molecule has 6 heteroatoms. The van der Waals surface area contributed by atoms with Gasteiger partial charge in [0.2, 0.25) is 0 Å². The number of ether oxygens (including phenoxy) is 1. The average molecular weight is 301 g/mol. The second kappa shape index (κ2) is 7.09. The van der Waals surface area contributed by atoms with Crippen LogP contribution in [0, 0.1) is 0 Å². The van der Waals surface area contributed by atoms with E-state index in [9.17, 15) is 4.79 Å². The van der Waals surface area contributed by atoms with Crippen LogP contribution in [-0.4, -0.2) is 41.9 Å². The molecule has 2 heterocycles. The molecule has 0 saturated carbocycles. The fourth-order valence-corrected chi connectivity index (χ4v) is 2.51. The molecule has 22 heavy (non-hydrogen) atoms. The Balaban J connectivity index is 1.50. The summed E-state index contributed by atoms with van der Waals surface area (Å²) in [5.41, 5.74) is 1.93. The van der Waals surface area contributed by atoms with E-state index in [2.05, 4.69) is 22.6 Å². The van der Waals surface area contributed by atoms with Crippen molar-refractivity contribution in [3.63, 3.8) is 0 Å². The van der Waals surface area contributed by atoms with Crippen LogP contribution in [0.1, 0.15) is 11.3 Å². The largest absolute Gasteiger partial charge is 0.374 e. The van der Waals surface area contributed by atoms with Crippen molar-refractivity contribution >= 4 is 6.03 Å². The van der Waals surface area contributed by atoms with Crippen LogP contribution in [0.4, 0.5) is 4.79 Å². The summed E-state index contributed by atoms with van der Waals surface area (Å²) < 4.78 is 10.5. The minimum Gasteiger partial charge on any atom is -0.374 e. The molecule has 0 aliphatic carbocycles. The highest BCUT2D eigenvalue weighted by Crippen LogP contribution is 2.12. The number of aromatic nitrogens is 1. The molecule has 116 valence electrons. The number of hydrogen-bond donors (Lipinski definition) is 1. The highest BCUT2D eigenvalue weighted by atomic mass is 16.5. The molecule has 1 aromatic carbocycles. The number of nitrogens with one attached hydrogen (secondary N) is 1. The Morgan fingerprint density at radius 1 is 1.32 bits per heavy atom. The quantitative estimate of drug-likeness (QED) is 0.935. The molecule has 0 bridgehead atoms. The highest BCUT2D eigenvalue weighted by Gasteiger charge is 2.24. The molecular weight excluding hydrogens is 282 g/mol. The van der Waals surface area contributed by atoms with E-state index in [4.69, 9.17) is 9.26 Å². The van der Waals surface area contributed by atoms with Gasteiger partial charge in [0.05, 0.1) is 19.3 Å². The fourth-order valence-electron chi connectivity index (χ4n) is 2.51. The van der Waals surface area contributed by atoms with Gasteiger partial charge in [0.25, 0.3) is 0 Å². The summed E-state index contributed by atoms with van der Waals surface area (Å²) in [5.74, 6) is 0. The van der Waals surface area contributed by atoms with Crippen molar-refractivity contribution in [2.24, 2.45) is 0 Å². The summed E-state index contributed by atoms with van der Waals surface area (Å²) in [4.78, 5) is 14.0. The van der Waals surface area contributed by atoms with Crippen LogP contribution in [0.25, 0.3) is 0 Å². The molecule has 0 radical (unpaired) electrons. The van der Waals surface area contributed by atoms with Gasteiger partial charge < -0.3 is 19.5 Å². The molecule has 2 amide bonds. The number of hydrogen-bond acceptors (Lipinski definition) is 4. The van der Waals surface area contributed by atoms with Crippen molar-refractivity contribution in [1.82, 2.24) is 15.4 Å². The lowest BCUT2D eigenvalue weighted by molar-refractivity contribution is -0.0133.